The van der Waals surface area contributed by atoms with Crippen molar-refractivity contribution in [2.45, 2.75) is 65.5 Å². The van der Waals surface area contributed by atoms with Crippen molar-refractivity contribution in [3.05, 3.63) is 36.4 Å². The Morgan fingerprint density at radius 1 is 0.951 bits per heavy atom. The molecule has 5 fully saturated rings. The number of carbonyl (C=O) groups excluding carboxylic acids is 1. The number of alkyl halides is 6. The van der Waals surface area contributed by atoms with Crippen LogP contribution in [0.15, 0.2) is 35.7 Å². The van der Waals surface area contributed by atoms with Gasteiger partial charge in [-0.2, -0.15) is 26.3 Å². The van der Waals surface area contributed by atoms with Crippen LogP contribution in [0.25, 0.3) is 6.08 Å². The maximum absolute atomic E-state index is 15.0. The van der Waals surface area contributed by atoms with Gasteiger partial charge in [-0.15, -0.1) is 0 Å². The minimum Gasteiger partial charge on any atom is -0.454 e. The first-order valence-corrected chi connectivity index (χ1v) is 15.4. The van der Waals surface area contributed by atoms with Gasteiger partial charge in [0, 0.05) is 11.8 Å². The van der Waals surface area contributed by atoms with Gasteiger partial charge in [0.2, 0.25) is 0 Å². The van der Waals surface area contributed by atoms with Crippen LogP contribution in [0.2, 0.25) is 0 Å². The van der Waals surface area contributed by atoms with Gasteiger partial charge in [0.25, 0.3) is 10.0 Å². The molecule has 5 aliphatic rings. The first kappa shape index (κ1) is 30.3. The molecule has 228 valence electrons. The number of halogens is 6. The minimum atomic E-state index is -6.20. The molecule has 1 aliphatic heterocycles. The Morgan fingerprint density at radius 3 is 1.95 bits per heavy atom. The lowest BCUT2D eigenvalue weighted by Gasteiger charge is -2.63. The first-order chi connectivity index (χ1) is 18.8. The van der Waals surface area contributed by atoms with Crippen LogP contribution < -0.4 is 4.13 Å². The molecule has 4 aliphatic carbocycles. The molecule has 1 heterocycles. The fraction of sp³-hybridized carbons (Fsp3) is 0.625. The van der Waals surface area contributed by atoms with E-state index in [0.29, 0.717) is 5.56 Å². The number of ether oxygens (including phenoxy) is 3. The smallest absolute Gasteiger partial charge is 0.454 e. The Hall–Kier alpha value is -2.21. The van der Waals surface area contributed by atoms with E-state index in [2.05, 4.69) is 6.58 Å². The molecular formula is C24H25F6NO8S2. The highest BCUT2D eigenvalue weighted by atomic mass is 32.3. The average Bonchev–Trinajstić information content (AvgIpc) is 2.95. The Labute approximate surface area is 231 Å². The SMILES string of the molecule is C=Cc1ccc(S(=O)(=O)NS(=O)(=O)C(F)(F)C(=O)OC23CC4CC(C2)C2(OCC(F)(F)C(F)(F)CO2)C(C4)C3)cc1. The molecule has 9 nitrogen and oxygen atoms in total. The monoisotopic (exact) mass is 633 g/mol. The van der Waals surface area contributed by atoms with Gasteiger partial charge in [0.15, 0.2) is 5.79 Å². The lowest BCUT2D eigenvalue weighted by atomic mass is 9.51. The van der Waals surface area contributed by atoms with Gasteiger partial charge >= 0.3 is 33.1 Å². The van der Waals surface area contributed by atoms with Crippen molar-refractivity contribution in [1.29, 1.82) is 0 Å². The molecule has 1 spiro atoms. The van der Waals surface area contributed by atoms with Crippen LogP contribution in [0.5, 0.6) is 0 Å². The van der Waals surface area contributed by atoms with Crippen molar-refractivity contribution >= 4 is 32.1 Å². The number of hydrogen-bond acceptors (Lipinski definition) is 8. The van der Waals surface area contributed by atoms with E-state index in [-0.39, 0.29) is 38.0 Å². The largest absolute Gasteiger partial charge is 0.455 e. The quantitative estimate of drug-likeness (QED) is 0.357. The predicted molar refractivity (Wildman–Crippen MR) is 128 cm³/mol. The van der Waals surface area contributed by atoms with Gasteiger partial charge in [-0.3, -0.25) is 0 Å². The van der Waals surface area contributed by atoms with Crippen LogP contribution in [-0.4, -0.2) is 64.5 Å². The summed E-state index contributed by atoms with van der Waals surface area (Å²) in [5, 5.41) is -5.36. The lowest BCUT2D eigenvalue weighted by molar-refractivity contribution is -0.355. The minimum absolute atomic E-state index is 0.0195. The summed E-state index contributed by atoms with van der Waals surface area (Å²) in [4.78, 5) is 12.0. The van der Waals surface area contributed by atoms with E-state index in [9.17, 15) is 48.0 Å². The molecule has 1 aromatic rings. The molecule has 0 amide bonds. The summed E-state index contributed by atoms with van der Waals surface area (Å²) >= 11 is 0. The zero-order valence-corrected chi connectivity index (χ0v) is 22.8. The molecule has 4 saturated carbocycles. The molecule has 2 atom stereocenters. The van der Waals surface area contributed by atoms with Crippen LogP contribution in [0.1, 0.15) is 37.7 Å². The number of esters is 1. The highest BCUT2D eigenvalue weighted by molar-refractivity contribution is 8.05. The van der Waals surface area contributed by atoms with Crippen molar-refractivity contribution < 1.29 is 62.2 Å². The molecule has 1 aromatic carbocycles. The summed E-state index contributed by atoms with van der Waals surface area (Å²) in [6.07, 6.45) is 1.22. The maximum Gasteiger partial charge on any atom is 0.455 e. The van der Waals surface area contributed by atoms with E-state index in [1.165, 1.54) is 18.2 Å². The summed E-state index contributed by atoms with van der Waals surface area (Å²) in [5.74, 6) is -15.6. The predicted octanol–water partition coefficient (Wildman–Crippen LogP) is 3.67. The van der Waals surface area contributed by atoms with Crippen molar-refractivity contribution in [2.24, 2.45) is 17.8 Å². The molecular weight excluding hydrogens is 608 g/mol. The van der Waals surface area contributed by atoms with Gasteiger partial charge in [0.05, 0.1) is 4.90 Å². The van der Waals surface area contributed by atoms with Crippen molar-refractivity contribution in [1.82, 2.24) is 4.13 Å². The fourth-order valence-corrected chi connectivity index (χ4v) is 9.22. The van der Waals surface area contributed by atoms with Gasteiger partial charge < -0.3 is 14.2 Å². The third kappa shape index (κ3) is 4.86. The van der Waals surface area contributed by atoms with E-state index >= 15 is 0 Å². The molecule has 41 heavy (non-hydrogen) atoms. The second-order valence-corrected chi connectivity index (χ2v) is 14.7. The van der Waals surface area contributed by atoms with E-state index in [4.69, 9.17) is 14.2 Å². The molecule has 1 N–H and O–H groups in total. The van der Waals surface area contributed by atoms with Crippen molar-refractivity contribution in [3.63, 3.8) is 0 Å². The highest BCUT2D eigenvalue weighted by Crippen LogP contribution is 2.64. The number of benzene rings is 1. The van der Waals surface area contributed by atoms with Crippen LogP contribution in [-0.2, 0) is 39.1 Å². The zero-order chi connectivity index (χ0) is 30.3. The standard InChI is InChI=1S/C24H25F6NO8S2/c1-2-14-3-5-18(6-4-14)40(33,34)31-41(35,36)24(29,30)19(32)39-20-9-15-7-16(10-20)23(17(8-15)11-20)37-12-21(25,26)22(27,28)13-38-23/h2-6,15-17,31H,1,7-13H2. The normalized spacial score (nSPS) is 31.9. The van der Waals surface area contributed by atoms with Crippen LogP contribution in [0, 0.1) is 17.8 Å². The van der Waals surface area contributed by atoms with E-state index in [1.54, 1.807) is 0 Å². The second-order valence-electron chi connectivity index (χ2n) is 11.0. The Morgan fingerprint density at radius 2 is 1.46 bits per heavy atom. The van der Waals surface area contributed by atoms with Crippen molar-refractivity contribution in [2.75, 3.05) is 13.2 Å². The van der Waals surface area contributed by atoms with Gasteiger partial charge in [-0.05, 0) is 55.7 Å². The summed E-state index contributed by atoms with van der Waals surface area (Å²) in [6.45, 7) is 0.182. The van der Waals surface area contributed by atoms with Crippen LogP contribution in [0.3, 0.4) is 0 Å². The van der Waals surface area contributed by atoms with Gasteiger partial charge in [-0.1, -0.05) is 28.9 Å². The van der Waals surface area contributed by atoms with Crippen molar-refractivity contribution in [3.8, 4) is 0 Å². The summed E-state index contributed by atoms with van der Waals surface area (Å²) in [5.41, 5.74) is -1.23. The molecule has 0 aromatic heterocycles. The average molecular weight is 634 g/mol. The lowest BCUT2D eigenvalue weighted by Crippen LogP contribution is -2.67. The number of sulfonamides is 2. The highest BCUT2D eigenvalue weighted by Gasteiger charge is 2.70. The molecule has 1 saturated heterocycles. The van der Waals surface area contributed by atoms with E-state index < -0.39 is 84.4 Å². The molecule has 6 rings (SSSR count). The number of rotatable bonds is 7. The molecule has 0 radical (unpaired) electrons. The van der Waals surface area contributed by atoms with Crippen LogP contribution >= 0.6 is 0 Å². The zero-order valence-electron chi connectivity index (χ0n) is 21.1. The third-order valence-corrected chi connectivity index (χ3v) is 11.8. The third-order valence-electron chi connectivity index (χ3n) is 8.29. The van der Waals surface area contributed by atoms with Gasteiger partial charge in [0.1, 0.15) is 18.8 Å². The number of carbonyl (C=O) groups is 1. The first-order valence-electron chi connectivity index (χ1n) is 12.4. The van der Waals surface area contributed by atoms with E-state index in [1.807, 2.05) is 0 Å². The van der Waals surface area contributed by atoms with Crippen LogP contribution in [0.4, 0.5) is 26.3 Å². The maximum atomic E-state index is 15.0. The summed E-state index contributed by atoms with van der Waals surface area (Å²) in [6, 6.07) is 4.37. The molecule has 4 bridgehead atoms. The van der Waals surface area contributed by atoms with E-state index in [0.717, 1.165) is 16.3 Å². The topological polar surface area (TPSA) is 125 Å². The summed E-state index contributed by atoms with van der Waals surface area (Å²) in [7, 11) is -11.3. The molecule has 2 unspecified atom stereocenters. The second kappa shape index (κ2) is 9.39. The Kier molecular flexibility index (Phi) is 6.93. The number of hydrogen-bond donors (Lipinski definition) is 1. The number of nitrogens with one attached hydrogen (secondary N) is 1. The Balaban J connectivity index is 1.34. The Bertz CT molecular complexity index is 1430. The molecule has 17 heteroatoms. The van der Waals surface area contributed by atoms with Gasteiger partial charge in [-0.25, -0.2) is 21.6 Å². The summed E-state index contributed by atoms with van der Waals surface area (Å²) < 4.78 is 152. The fourth-order valence-electron chi connectivity index (χ4n) is 6.50.